The zero-order valence-electron chi connectivity index (χ0n) is 18.2. The smallest absolute Gasteiger partial charge is 0.285 e. The Balaban J connectivity index is 1.45. The van der Waals surface area contributed by atoms with Crippen molar-refractivity contribution in [1.82, 2.24) is 34.0 Å². The Morgan fingerprint density at radius 2 is 2.12 bits per heavy atom. The van der Waals surface area contributed by atoms with Gasteiger partial charge in [0, 0.05) is 25.2 Å². The fourth-order valence-electron chi connectivity index (χ4n) is 4.21. The molecular formula is C21H22F3N9O. The van der Waals surface area contributed by atoms with Gasteiger partial charge >= 0.3 is 0 Å². The van der Waals surface area contributed by atoms with E-state index in [4.69, 9.17) is 5.73 Å². The summed E-state index contributed by atoms with van der Waals surface area (Å²) in [5, 5.41) is 6.98. The van der Waals surface area contributed by atoms with Gasteiger partial charge in [0.1, 0.15) is 17.7 Å². The number of aromatic nitrogens is 6. The molecule has 1 aliphatic rings. The Bertz CT molecular complexity index is 1380. The lowest BCUT2D eigenvalue weighted by Gasteiger charge is -2.38. The molecule has 0 unspecified atom stereocenters. The number of hydrogen-bond donors (Lipinski definition) is 2. The van der Waals surface area contributed by atoms with Crippen LogP contribution in [0.4, 0.5) is 24.9 Å². The van der Waals surface area contributed by atoms with Crippen LogP contribution in [-0.4, -0.2) is 71.7 Å². The third-order valence-electron chi connectivity index (χ3n) is 5.95. The van der Waals surface area contributed by atoms with Crippen LogP contribution in [0.15, 0.2) is 30.7 Å². The van der Waals surface area contributed by atoms with E-state index in [2.05, 4.69) is 25.4 Å². The first kappa shape index (κ1) is 21.9. The number of rotatable bonds is 5. The van der Waals surface area contributed by atoms with E-state index in [0.29, 0.717) is 27.9 Å². The van der Waals surface area contributed by atoms with E-state index in [0.717, 1.165) is 4.90 Å². The van der Waals surface area contributed by atoms with E-state index < -0.39 is 25.2 Å². The number of piperidine rings is 1. The molecule has 4 aromatic rings. The zero-order chi connectivity index (χ0) is 24.0. The summed E-state index contributed by atoms with van der Waals surface area (Å²) >= 11 is 0. The van der Waals surface area contributed by atoms with Crippen LogP contribution in [0, 0.1) is 0 Å². The van der Waals surface area contributed by atoms with Crippen LogP contribution < -0.4 is 11.1 Å². The fraction of sp³-hybridized carbons (Fsp3) is 0.381. The number of pyridine rings is 1. The molecule has 4 aromatic heterocycles. The molecule has 0 spiro atoms. The highest BCUT2D eigenvalue weighted by Crippen LogP contribution is 2.32. The zero-order valence-corrected chi connectivity index (χ0v) is 18.2. The van der Waals surface area contributed by atoms with Crippen LogP contribution in [0.3, 0.4) is 0 Å². The van der Waals surface area contributed by atoms with Gasteiger partial charge in [-0.3, -0.25) is 4.79 Å². The van der Waals surface area contributed by atoms with Crippen LogP contribution in [0.25, 0.3) is 27.9 Å². The normalized spacial score (nSPS) is 18.0. The van der Waals surface area contributed by atoms with Crippen LogP contribution in [-0.2, 0) is 11.3 Å². The Labute approximate surface area is 191 Å². The minimum atomic E-state index is -3.15. The first-order valence-electron chi connectivity index (χ1n) is 10.7. The van der Waals surface area contributed by atoms with Gasteiger partial charge in [0.25, 0.3) is 5.92 Å². The van der Waals surface area contributed by atoms with Crippen LogP contribution in [0.1, 0.15) is 13.3 Å². The number of anilines is 2. The molecular weight excluding hydrogens is 451 g/mol. The van der Waals surface area contributed by atoms with E-state index in [1.165, 1.54) is 17.8 Å². The summed E-state index contributed by atoms with van der Waals surface area (Å²) in [6, 6.07) is 4.04. The van der Waals surface area contributed by atoms with E-state index in [1.54, 1.807) is 29.0 Å². The van der Waals surface area contributed by atoms with Crippen molar-refractivity contribution in [2.75, 3.05) is 30.8 Å². The highest BCUT2D eigenvalue weighted by Gasteiger charge is 2.45. The molecule has 0 saturated carbocycles. The van der Waals surface area contributed by atoms with Gasteiger partial charge in [0.05, 0.1) is 31.2 Å². The summed E-state index contributed by atoms with van der Waals surface area (Å²) in [5.74, 6) is -3.50. The SMILES string of the molecule is CC(=O)N1CC[C@@H](Nc2nc(N)c3c(-c4ccc5ncn(CCF)c5n4)ccn3n2)C(F)(F)C1. The lowest BCUT2D eigenvalue weighted by Crippen LogP contribution is -2.55. The maximum Gasteiger partial charge on any atom is 0.285 e. The number of hydrogen-bond acceptors (Lipinski definition) is 7. The summed E-state index contributed by atoms with van der Waals surface area (Å²) < 4.78 is 45.1. The van der Waals surface area contributed by atoms with Gasteiger partial charge in [-0.25, -0.2) is 27.7 Å². The highest BCUT2D eigenvalue weighted by atomic mass is 19.3. The van der Waals surface area contributed by atoms with E-state index in [9.17, 15) is 18.0 Å². The first-order chi connectivity index (χ1) is 16.3. The largest absolute Gasteiger partial charge is 0.382 e. The third-order valence-corrected chi connectivity index (χ3v) is 5.95. The summed E-state index contributed by atoms with van der Waals surface area (Å²) in [6.45, 7) is 0.405. The number of nitrogens with two attached hydrogens (primary N) is 1. The second kappa shape index (κ2) is 8.15. The van der Waals surface area contributed by atoms with Crippen molar-refractivity contribution in [2.24, 2.45) is 0 Å². The Morgan fingerprint density at radius 1 is 1.29 bits per heavy atom. The molecule has 13 heteroatoms. The number of carbonyl (C=O) groups excluding carboxylic acids is 1. The molecule has 1 aliphatic heterocycles. The Morgan fingerprint density at radius 3 is 2.85 bits per heavy atom. The van der Waals surface area contributed by atoms with Gasteiger partial charge in [-0.05, 0) is 24.6 Å². The van der Waals surface area contributed by atoms with Crippen LogP contribution in [0.5, 0.6) is 0 Å². The van der Waals surface area contributed by atoms with Crippen LogP contribution in [0.2, 0.25) is 0 Å². The maximum absolute atomic E-state index is 14.6. The minimum absolute atomic E-state index is 0.0430. The third kappa shape index (κ3) is 3.76. The number of carbonyl (C=O) groups is 1. The number of fused-ring (bicyclic) bond motifs is 2. The van der Waals surface area contributed by atoms with Crippen molar-refractivity contribution in [3.05, 3.63) is 30.7 Å². The predicted molar refractivity (Wildman–Crippen MR) is 119 cm³/mol. The van der Waals surface area contributed by atoms with Crippen molar-refractivity contribution in [1.29, 1.82) is 0 Å². The molecule has 0 bridgehead atoms. The lowest BCUT2D eigenvalue weighted by molar-refractivity contribution is -0.140. The molecule has 10 nitrogen and oxygen atoms in total. The number of nitrogen functional groups attached to an aromatic ring is 1. The number of aryl methyl sites for hydroxylation is 1. The number of likely N-dealkylation sites (tertiary alicyclic amines) is 1. The molecule has 34 heavy (non-hydrogen) atoms. The second-order valence-electron chi connectivity index (χ2n) is 8.20. The van der Waals surface area contributed by atoms with E-state index in [1.807, 2.05) is 0 Å². The second-order valence-corrected chi connectivity index (χ2v) is 8.20. The molecule has 3 N–H and O–H groups in total. The van der Waals surface area contributed by atoms with Crippen LogP contribution >= 0.6 is 0 Å². The standard InChI is InChI=1S/C21H22F3N9O/c1-12(34)31-7-5-16(21(23,24)10-31)28-20-29-18(25)17-13(4-8-33(17)30-20)14-2-3-15-19(27-14)32(9-6-22)11-26-15/h2-4,8,11,16H,5-7,9-10H2,1H3,(H3,25,28,29,30)/t16-/m1/s1. The molecule has 1 atom stereocenters. The minimum Gasteiger partial charge on any atom is -0.382 e. The van der Waals surface area contributed by atoms with Crippen molar-refractivity contribution in [3.8, 4) is 11.3 Å². The number of halogens is 3. The molecule has 1 fully saturated rings. The van der Waals surface area contributed by atoms with Gasteiger partial charge in [-0.1, -0.05) is 0 Å². The lowest BCUT2D eigenvalue weighted by atomic mass is 10.0. The average molecular weight is 473 g/mol. The number of amides is 1. The average Bonchev–Trinajstić information content (AvgIpc) is 3.39. The maximum atomic E-state index is 14.6. The fourth-order valence-corrected chi connectivity index (χ4v) is 4.21. The van der Waals surface area contributed by atoms with Crippen molar-refractivity contribution in [2.45, 2.75) is 31.9 Å². The van der Waals surface area contributed by atoms with Gasteiger partial charge in [-0.15, -0.1) is 5.10 Å². The van der Waals surface area contributed by atoms with Gasteiger partial charge in [0.15, 0.2) is 11.5 Å². The summed E-state index contributed by atoms with van der Waals surface area (Å²) in [4.78, 5) is 25.6. The number of nitrogens with zero attached hydrogens (tertiary/aromatic N) is 7. The monoisotopic (exact) mass is 473 g/mol. The molecule has 178 valence electrons. The highest BCUT2D eigenvalue weighted by molar-refractivity contribution is 5.88. The number of nitrogens with one attached hydrogen (secondary N) is 1. The molecule has 1 saturated heterocycles. The molecule has 5 heterocycles. The summed E-state index contributed by atoms with van der Waals surface area (Å²) in [5.41, 5.74) is 9.03. The number of alkyl halides is 3. The molecule has 0 aromatic carbocycles. The quantitative estimate of drug-likeness (QED) is 0.457. The summed E-state index contributed by atoms with van der Waals surface area (Å²) in [7, 11) is 0. The van der Waals surface area contributed by atoms with E-state index >= 15 is 0 Å². The van der Waals surface area contributed by atoms with Gasteiger partial charge in [0.2, 0.25) is 11.9 Å². The van der Waals surface area contributed by atoms with Gasteiger partial charge < -0.3 is 20.5 Å². The molecule has 0 radical (unpaired) electrons. The Hall–Kier alpha value is -3.90. The molecule has 0 aliphatic carbocycles. The number of imidazole rings is 1. The molecule has 5 rings (SSSR count). The predicted octanol–water partition coefficient (Wildman–Crippen LogP) is 2.36. The van der Waals surface area contributed by atoms with Crippen molar-refractivity contribution in [3.63, 3.8) is 0 Å². The Kier molecular flexibility index (Phi) is 5.25. The topological polar surface area (TPSA) is 119 Å². The molecule has 1 amide bonds. The summed E-state index contributed by atoms with van der Waals surface area (Å²) in [6.07, 6.45) is 3.21. The van der Waals surface area contributed by atoms with E-state index in [-0.39, 0.29) is 37.2 Å². The van der Waals surface area contributed by atoms with Crippen molar-refractivity contribution >= 4 is 34.4 Å². The first-order valence-corrected chi connectivity index (χ1v) is 10.7. The van der Waals surface area contributed by atoms with Gasteiger partial charge in [-0.2, -0.15) is 4.98 Å². The van der Waals surface area contributed by atoms with Crippen molar-refractivity contribution < 1.29 is 18.0 Å².